The molecular weight excluding hydrogens is 270 g/mol. The number of amides is 3. The van der Waals surface area contributed by atoms with E-state index in [0.29, 0.717) is 5.56 Å². The summed E-state index contributed by atoms with van der Waals surface area (Å²) in [5.74, 6) is -0.809. The van der Waals surface area contributed by atoms with Crippen molar-refractivity contribution >= 4 is 17.6 Å². The van der Waals surface area contributed by atoms with Gasteiger partial charge in [0.1, 0.15) is 17.4 Å². The Morgan fingerprint density at radius 2 is 1.76 bits per heavy atom. The molecule has 2 aromatic carbocycles. The number of nitriles is 1. The van der Waals surface area contributed by atoms with E-state index < -0.39 is 11.9 Å². The number of nitrogens with zero attached hydrogens (tertiary/aromatic N) is 1. The number of phenolic OH excluding ortho intramolecular Hbond substituents is 1. The molecule has 2 rings (SSSR count). The van der Waals surface area contributed by atoms with Gasteiger partial charge in [-0.25, -0.2) is 4.79 Å². The molecule has 2 aromatic rings. The Morgan fingerprint density at radius 1 is 1.05 bits per heavy atom. The molecule has 0 radical (unpaired) electrons. The van der Waals surface area contributed by atoms with Gasteiger partial charge < -0.3 is 10.4 Å². The van der Waals surface area contributed by atoms with E-state index in [4.69, 9.17) is 5.26 Å². The van der Waals surface area contributed by atoms with E-state index >= 15 is 0 Å². The predicted molar refractivity (Wildman–Crippen MR) is 75.7 cm³/mol. The van der Waals surface area contributed by atoms with Gasteiger partial charge in [-0.3, -0.25) is 10.1 Å². The zero-order chi connectivity index (χ0) is 15.2. The van der Waals surface area contributed by atoms with Crippen LogP contribution in [0.5, 0.6) is 5.75 Å². The second kappa shape index (κ2) is 6.21. The molecule has 0 unspecified atom stereocenters. The van der Waals surface area contributed by atoms with Crippen LogP contribution in [0, 0.1) is 11.3 Å². The summed E-state index contributed by atoms with van der Waals surface area (Å²) in [7, 11) is 0. The Balaban J connectivity index is 2.08. The zero-order valence-electron chi connectivity index (χ0n) is 10.8. The molecule has 0 aromatic heterocycles. The molecule has 0 atom stereocenters. The average molecular weight is 281 g/mol. The number of anilines is 1. The van der Waals surface area contributed by atoms with Gasteiger partial charge in [0, 0.05) is 5.56 Å². The van der Waals surface area contributed by atoms with Gasteiger partial charge in [-0.15, -0.1) is 0 Å². The molecule has 6 nitrogen and oxygen atoms in total. The molecular formula is C15H11N3O3. The third kappa shape index (κ3) is 3.36. The molecule has 6 heteroatoms. The second-order valence-electron chi connectivity index (χ2n) is 4.09. The van der Waals surface area contributed by atoms with E-state index in [9.17, 15) is 14.7 Å². The highest BCUT2D eigenvalue weighted by Crippen LogP contribution is 2.23. The number of carbonyl (C=O) groups excluding carboxylic acids is 2. The van der Waals surface area contributed by atoms with Gasteiger partial charge in [-0.2, -0.15) is 5.26 Å². The maximum atomic E-state index is 11.8. The largest absolute Gasteiger partial charge is 0.506 e. The molecule has 0 heterocycles. The van der Waals surface area contributed by atoms with Crippen LogP contribution < -0.4 is 10.6 Å². The van der Waals surface area contributed by atoms with Crippen LogP contribution in [0.4, 0.5) is 10.5 Å². The Morgan fingerprint density at radius 3 is 2.43 bits per heavy atom. The van der Waals surface area contributed by atoms with Crippen LogP contribution in [0.3, 0.4) is 0 Å². The van der Waals surface area contributed by atoms with Crippen LogP contribution in [0.15, 0.2) is 48.5 Å². The van der Waals surface area contributed by atoms with Crippen molar-refractivity contribution in [1.82, 2.24) is 5.32 Å². The van der Waals surface area contributed by atoms with E-state index in [1.165, 1.54) is 18.2 Å². The van der Waals surface area contributed by atoms with Crippen molar-refractivity contribution in [2.24, 2.45) is 0 Å². The van der Waals surface area contributed by atoms with E-state index in [-0.39, 0.29) is 17.0 Å². The van der Waals surface area contributed by atoms with Crippen molar-refractivity contribution in [1.29, 1.82) is 5.26 Å². The number of urea groups is 1. The molecule has 0 aliphatic carbocycles. The quantitative estimate of drug-likeness (QED) is 0.785. The zero-order valence-corrected chi connectivity index (χ0v) is 10.8. The van der Waals surface area contributed by atoms with Crippen LogP contribution >= 0.6 is 0 Å². The summed E-state index contributed by atoms with van der Waals surface area (Å²) in [6.07, 6.45) is 0. The van der Waals surface area contributed by atoms with Crippen LogP contribution in [-0.4, -0.2) is 17.0 Å². The molecule has 0 fully saturated rings. The third-order valence-electron chi connectivity index (χ3n) is 2.67. The summed E-state index contributed by atoms with van der Waals surface area (Å²) in [5.41, 5.74) is 0.389. The molecule has 0 aliphatic rings. The highest BCUT2D eigenvalue weighted by Gasteiger charge is 2.13. The summed E-state index contributed by atoms with van der Waals surface area (Å²) < 4.78 is 0. The van der Waals surface area contributed by atoms with E-state index in [1.54, 1.807) is 36.4 Å². The number of rotatable bonds is 2. The minimum absolute atomic E-state index is 0.0696. The lowest BCUT2D eigenvalue weighted by atomic mass is 10.2. The van der Waals surface area contributed by atoms with Crippen LogP contribution in [0.2, 0.25) is 0 Å². The first-order valence-corrected chi connectivity index (χ1v) is 6.01. The number of aromatic hydroxyl groups is 1. The maximum Gasteiger partial charge on any atom is 0.326 e. The van der Waals surface area contributed by atoms with Crippen molar-refractivity contribution < 1.29 is 14.7 Å². The molecule has 21 heavy (non-hydrogen) atoms. The number of imide groups is 1. The summed E-state index contributed by atoms with van der Waals surface area (Å²) in [5, 5.41) is 22.9. The fraction of sp³-hybridized carbons (Fsp3) is 0. The van der Waals surface area contributed by atoms with Gasteiger partial charge in [-0.1, -0.05) is 24.3 Å². The topological polar surface area (TPSA) is 102 Å². The smallest absolute Gasteiger partial charge is 0.326 e. The number of hydrogen-bond donors (Lipinski definition) is 3. The summed E-state index contributed by atoms with van der Waals surface area (Å²) >= 11 is 0. The van der Waals surface area contributed by atoms with Crippen molar-refractivity contribution in [3.63, 3.8) is 0 Å². The molecule has 104 valence electrons. The number of hydrogen-bond acceptors (Lipinski definition) is 4. The second-order valence-corrected chi connectivity index (χ2v) is 4.09. The summed E-state index contributed by atoms with van der Waals surface area (Å²) in [4.78, 5) is 23.5. The monoisotopic (exact) mass is 281 g/mol. The third-order valence-corrected chi connectivity index (χ3v) is 2.67. The minimum Gasteiger partial charge on any atom is -0.506 e. The van der Waals surface area contributed by atoms with Crippen molar-refractivity contribution in [2.45, 2.75) is 0 Å². The lowest BCUT2D eigenvalue weighted by Gasteiger charge is -2.08. The summed E-state index contributed by atoms with van der Waals surface area (Å²) in [6, 6.07) is 13.5. The van der Waals surface area contributed by atoms with Crippen molar-refractivity contribution in [3.05, 3.63) is 59.7 Å². The minimum atomic E-state index is -0.786. The lowest BCUT2D eigenvalue weighted by Crippen LogP contribution is -2.34. The summed E-state index contributed by atoms with van der Waals surface area (Å²) in [6.45, 7) is 0. The molecule has 0 bridgehead atoms. The first-order chi connectivity index (χ1) is 10.1. The number of carbonyl (C=O) groups is 2. The Kier molecular flexibility index (Phi) is 4.17. The number of nitrogens with one attached hydrogen (secondary N) is 2. The SMILES string of the molecule is N#Cc1c(O)cccc1NC(=O)NC(=O)c1ccccc1. The standard InChI is InChI=1S/C15H11N3O3/c16-9-11-12(7-4-8-13(11)19)17-15(21)18-14(20)10-5-2-1-3-6-10/h1-8,19H,(H2,17,18,20,21). The number of benzene rings is 2. The molecule has 3 N–H and O–H groups in total. The normalized spacial score (nSPS) is 9.48. The van der Waals surface area contributed by atoms with Gasteiger partial charge in [-0.05, 0) is 24.3 Å². The van der Waals surface area contributed by atoms with Crippen LogP contribution in [-0.2, 0) is 0 Å². The van der Waals surface area contributed by atoms with Gasteiger partial charge in [0.15, 0.2) is 0 Å². The van der Waals surface area contributed by atoms with Gasteiger partial charge in [0.05, 0.1) is 5.69 Å². The fourth-order valence-corrected chi connectivity index (χ4v) is 1.68. The molecule has 0 saturated carbocycles. The molecule has 0 aliphatic heterocycles. The van der Waals surface area contributed by atoms with E-state index in [2.05, 4.69) is 10.6 Å². The highest BCUT2D eigenvalue weighted by molar-refractivity contribution is 6.08. The van der Waals surface area contributed by atoms with Gasteiger partial charge in [0.2, 0.25) is 0 Å². The maximum absolute atomic E-state index is 11.8. The predicted octanol–water partition coefficient (Wildman–Crippen LogP) is 2.23. The Bertz CT molecular complexity index is 721. The molecule has 0 spiro atoms. The van der Waals surface area contributed by atoms with Crippen LogP contribution in [0.1, 0.15) is 15.9 Å². The molecule has 3 amide bonds. The molecule has 0 saturated heterocycles. The highest BCUT2D eigenvalue weighted by atomic mass is 16.3. The average Bonchev–Trinajstić information content (AvgIpc) is 2.48. The van der Waals surface area contributed by atoms with E-state index in [1.807, 2.05) is 0 Å². The Labute approximate surface area is 120 Å². The van der Waals surface area contributed by atoms with Gasteiger partial charge >= 0.3 is 6.03 Å². The van der Waals surface area contributed by atoms with Gasteiger partial charge in [0.25, 0.3) is 5.91 Å². The van der Waals surface area contributed by atoms with E-state index in [0.717, 1.165) is 0 Å². The number of phenols is 1. The van der Waals surface area contributed by atoms with Crippen molar-refractivity contribution in [3.8, 4) is 11.8 Å². The fourth-order valence-electron chi connectivity index (χ4n) is 1.68. The first kappa shape index (κ1) is 14.1. The lowest BCUT2D eigenvalue weighted by molar-refractivity contribution is 0.0967. The Hall–Kier alpha value is -3.33. The van der Waals surface area contributed by atoms with Crippen molar-refractivity contribution in [2.75, 3.05) is 5.32 Å². The van der Waals surface area contributed by atoms with Crippen LogP contribution in [0.25, 0.3) is 0 Å². The first-order valence-electron chi connectivity index (χ1n) is 6.01.